The predicted octanol–water partition coefficient (Wildman–Crippen LogP) is 4.32. The van der Waals surface area contributed by atoms with Crippen LogP contribution in [0.25, 0.3) is 11.4 Å². The van der Waals surface area contributed by atoms with Gasteiger partial charge in [-0.05, 0) is 30.3 Å². The molecule has 0 fully saturated rings. The molecule has 3 rings (SSSR count). The van der Waals surface area contributed by atoms with E-state index in [9.17, 15) is 26.7 Å². The van der Waals surface area contributed by atoms with Crippen molar-refractivity contribution in [3.8, 4) is 17.1 Å². The smallest absolute Gasteiger partial charge is 0.416 e. The molecule has 0 saturated heterocycles. The average Bonchev–Trinajstić information content (AvgIpc) is 2.61. The lowest BCUT2D eigenvalue weighted by Gasteiger charge is -2.12. The molecule has 0 unspecified atom stereocenters. The van der Waals surface area contributed by atoms with Gasteiger partial charge in [0.2, 0.25) is 0 Å². The van der Waals surface area contributed by atoms with E-state index in [4.69, 9.17) is 11.6 Å². The highest BCUT2D eigenvalue weighted by Gasteiger charge is 2.32. The Morgan fingerprint density at radius 2 is 1.71 bits per heavy atom. The van der Waals surface area contributed by atoms with Crippen molar-refractivity contribution in [2.24, 2.45) is 0 Å². The summed E-state index contributed by atoms with van der Waals surface area (Å²) in [6, 6.07) is 8.11. The van der Waals surface area contributed by atoms with Crippen molar-refractivity contribution in [2.75, 3.05) is 4.72 Å². The number of aromatic nitrogens is 2. The number of rotatable bonds is 4. The fourth-order valence-corrected chi connectivity index (χ4v) is 3.83. The Kier molecular flexibility index (Phi) is 5.18. The van der Waals surface area contributed by atoms with Crippen molar-refractivity contribution in [3.63, 3.8) is 0 Å². The molecular weight excluding hydrogens is 419 g/mol. The van der Waals surface area contributed by atoms with Crippen LogP contribution in [0.15, 0.2) is 59.8 Å². The summed E-state index contributed by atoms with van der Waals surface area (Å²) in [6.45, 7) is 0. The van der Waals surface area contributed by atoms with E-state index in [-0.39, 0.29) is 22.3 Å². The monoisotopic (exact) mass is 429 g/mol. The second kappa shape index (κ2) is 7.28. The maximum absolute atomic E-state index is 12.9. The molecule has 3 aromatic rings. The van der Waals surface area contributed by atoms with E-state index in [2.05, 4.69) is 14.7 Å². The van der Waals surface area contributed by atoms with E-state index < -0.39 is 26.7 Å². The topological polar surface area (TPSA) is 92.2 Å². The molecule has 0 radical (unpaired) electrons. The third-order valence-electron chi connectivity index (χ3n) is 3.56. The van der Waals surface area contributed by atoms with Gasteiger partial charge in [-0.2, -0.15) is 13.2 Å². The van der Waals surface area contributed by atoms with Crippen LogP contribution in [0.2, 0.25) is 5.02 Å². The Bertz CT molecular complexity index is 1120. The average molecular weight is 430 g/mol. The molecular formula is C17H11ClF3N3O3S. The first-order chi connectivity index (χ1) is 13.1. The molecule has 0 atom stereocenters. The minimum absolute atomic E-state index is 0.00469. The molecule has 0 aliphatic rings. The molecule has 0 amide bonds. The van der Waals surface area contributed by atoms with Gasteiger partial charge >= 0.3 is 6.18 Å². The number of hydrogen-bond donors (Lipinski definition) is 2. The second-order valence-corrected chi connectivity index (χ2v) is 7.65. The summed E-state index contributed by atoms with van der Waals surface area (Å²) < 4.78 is 65.5. The fourth-order valence-electron chi connectivity index (χ4n) is 2.27. The van der Waals surface area contributed by atoms with Crippen LogP contribution in [0.5, 0.6) is 5.75 Å². The van der Waals surface area contributed by atoms with Gasteiger partial charge in [0, 0.05) is 5.56 Å². The zero-order valence-electron chi connectivity index (χ0n) is 13.8. The first-order valence-corrected chi connectivity index (χ1v) is 9.43. The van der Waals surface area contributed by atoms with Gasteiger partial charge in [-0.25, -0.2) is 18.4 Å². The van der Waals surface area contributed by atoms with Gasteiger partial charge in [0.05, 0.1) is 28.7 Å². The Labute approximate surface area is 162 Å². The minimum atomic E-state index is -4.72. The summed E-state index contributed by atoms with van der Waals surface area (Å²) in [5.74, 6) is 0.223. The van der Waals surface area contributed by atoms with E-state index in [1.165, 1.54) is 12.1 Å². The molecule has 11 heteroatoms. The summed E-state index contributed by atoms with van der Waals surface area (Å²) in [5.41, 5.74) is -0.722. The van der Waals surface area contributed by atoms with Gasteiger partial charge in [-0.15, -0.1) is 0 Å². The number of aromatic hydroxyl groups is 1. The van der Waals surface area contributed by atoms with E-state index in [0.29, 0.717) is 17.7 Å². The van der Waals surface area contributed by atoms with Crippen LogP contribution in [-0.4, -0.2) is 23.5 Å². The second-order valence-electron chi connectivity index (χ2n) is 5.59. The highest BCUT2D eigenvalue weighted by Crippen LogP contribution is 2.34. The van der Waals surface area contributed by atoms with E-state index in [0.717, 1.165) is 18.5 Å². The van der Waals surface area contributed by atoms with Crippen molar-refractivity contribution in [1.29, 1.82) is 0 Å². The molecule has 0 bridgehead atoms. The largest absolute Gasteiger partial charge is 0.508 e. The van der Waals surface area contributed by atoms with Gasteiger partial charge in [0.15, 0.2) is 5.82 Å². The van der Waals surface area contributed by atoms with E-state index in [1.807, 2.05) is 0 Å². The summed E-state index contributed by atoms with van der Waals surface area (Å²) in [5, 5.41) is 9.11. The Balaban J connectivity index is 1.89. The quantitative estimate of drug-likeness (QED) is 0.644. The molecule has 0 aliphatic carbocycles. The van der Waals surface area contributed by atoms with Crippen LogP contribution >= 0.6 is 11.6 Å². The van der Waals surface area contributed by atoms with Crippen molar-refractivity contribution < 1.29 is 26.7 Å². The maximum atomic E-state index is 12.9. The molecule has 2 N–H and O–H groups in total. The van der Waals surface area contributed by atoms with Crippen LogP contribution in [-0.2, 0) is 16.2 Å². The molecule has 1 heterocycles. The molecule has 28 heavy (non-hydrogen) atoms. The summed E-state index contributed by atoms with van der Waals surface area (Å²) in [4.78, 5) is 7.25. The molecule has 2 aromatic carbocycles. The number of alkyl halides is 3. The maximum Gasteiger partial charge on any atom is 0.416 e. The Morgan fingerprint density at radius 1 is 1.04 bits per heavy atom. The third-order valence-corrected chi connectivity index (χ3v) is 5.42. The zero-order chi connectivity index (χ0) is 20.5. The molecule has 0 saturated carbocycles. The number of nitrogens with zero attached hydrogens (tertiary/aromatic N) is 2. The summed E-state index contributed by atoms with van der Waals surface area (Å²) in [6.07, 6.45) is -2.43. The van der Waals surface area contributed by atoms with Gasteiger partial charge in [0.1, 0.15) is 10.6 Å². The van der Waals surface area contributed by atoms with E-state index in [1.54, 1.807) is 12.1 Å². The van der Waals surface area contributed by atoms with Gasteiger partial charge in [0.25, 0.3) is 10.0 Å². The fraction of sp³-hybridized carbons (Fsp3) is 0.0588. The lowest BCUT2D eigenvalue weighted by Crippen LogP contribution is -2.15. The SMILES string of the molecule is O=S(=O)(Nc1cnc(-c2cccc(O)c2)nc1)c1cc(C(F)(F)F)ccc1Cl. The van der Waals surface area contributed by atoms with Crippen LogP contribution in [0.1, 0.15) is 5.56 Å². The molecule has 1 aromatic heterocycles. The van der Waals surface area contributed by atoms with Crippen LogP contribution in [0.3, 0.4) is 0 Å². The summed E-state index contributed by atoms with van der Waals surface area (Å²) in [7, 11) is -4.41. The van der Waals surface area contributed by atoms with Crippen molar-refractivity contribution >= 4 is 27.3 Å². The first-order valence-electron chi connectivity index (χ1n) is 7.57. The number of halogens is 4. The number of nitrogens with one attached hydrogen (secondary N) is 1. The number of phenolic OH excluding ortho intramolecular Hbond substituents is 1. The number of sulfonamides is 1. The minimum Gasteiger partial charge on any atom is -0.508 e. The number of hydrogen-bond acceptors (Lipinski definition) is 5. The van der Waals surface area contributed by atoms with Crippen LogP contribution < -0.4 is 4.72 Å². The first kappa shape index (κ1) is 19.9. The van der Waals surface area contributed by atoms with Gasteiger partial charge < -0.3 is 5.11 Å². The Hall–Kier alpha value is -2.85. The third kappa shape index (κ3) is 4.34. The Morgan fingerprint density at radius 3 is 2.32 bits per heavy atom. The van der Waals surface area contributed by atoms with Crippen molar-refractivity contribution in [1.82, 2.24) is 9.97 Å². The van der Waals surface area contributed by atoms with Gasteiger partial charge in [-0.1, -0.05) is 23.7 Å². The van der Waals surface area contributed by atoms with E-state index >= 15 is 0 Å². The predicted molar refractivity (Wildman–Crippen MR) is 96.4 cm³/mol. The highest BCUT2D eigenvalue weighted by molar-refractivity contribution is 7.92. The molecule has 0 spiro atoms. The van der Waals surface area contributed by atoms with Gasteiger partial charge in [-0.3, -0.25) is 4.72 Å². The lowest BCUT2D eigenvalue weighted by atomic mass is 10.2. The number of phenols is 1. The molecule has 6 nitrogen and oxygen atoms in total. The normalized spacial score (nSPS) is 12.0. The van der Waals surface area contributed by atoms with Crippen molar-refractivity contribution in [3.05, 3.63) is 65.4 Å². The number of benzene rings is 2. The number of anilines is 1. The van der Waals surface area contributed by atoms with Crippen molar-refractivity contribution in [2.45, 2.75) is 11.1 Å². The summed E-state index contributed by atoms with van der Waals surface area (Å²) >= 11 is 5.78. The molecule has 0 aliphatic heterocycles. The highest BCUT2D eigenvalue weighted by atomic mass is 35.5. The zero-order valence-corrected chi connectivity index (χ0v) is 15.3. The molecule has 146 valence electrons. The van der Waals surface area contributed by atoms with Crippen LogP contribution in [0, 0.1) is 0 Å². The van der Waals surface area contributed by atoms with Crippen LogP contribution in [0.4, 0.5) is 18.9 Å². The lowest BCUT2D eigenvalue weighted by molar-refractivity contribution is -0.137. The standard InChI is InChI=1S/C17H11ClF3N3O3S/c18-14-5-4-11(17(19,20)21)7-15(14)28(26,27)24-12-8-22-16(23-9-12)10-2-1-3-13(25)6-10/h1-9,24-25H.